The normalized spacial score (nSPS) is 20.7. The van der Waals surface area contributed by atoms with Crippen LogP contribution in [0.15, 0.2) is 52.4 Å². The second-order valence-corrected chi connectivity index (χ2v) is 11.7. The molecule has 2 heterocycles. The van der Waals surface area contributed by atoms with Crippen molar-refractivity contribution in [2.75, 3.05) is 13.1 Å². The van der Waals surface area contributed by atoms with E-state index in [4.69, 9.17) is 0 Å². The van der Waals surface area contributed by atoms with Gasteiger partial charge in [0.15, 0.2) is 4.80 Å². The minimum atomic E-state index is -3.57. The highest BCUT2D eigenvalue weighted by Gasteiger charge is 2.31. The van der Waals surface area contributed by atoms with Crippen LogP contribution in [0.3, 0.4) is 0 Å². The maximum atomic E-state index is 13.1. The zero-order valence-electron chi connectivity index (χ0n) is 18.9. The first kappa shape index (κ1) is 22.9. The molecule has 6 nitrogen and oxygen atoms in total. The number of para-hydroxylation sites is 1. The number of benzene rings is 2. The number of sulfonamides is 1. The molecule has 1 fully saturated rings. The smallest absolute Gasteiger partial charge is 0.279 e. The van der Waals surface area contributed by atoms with Crippen LogP contribution < -0.4 is 4.80 Å². The van der Waals surface area contributed by atoms with Crippen LogP contribution in [0.25, 0.3) is 10.2 Å². The molecule has 8 heteroatoms. The van der Waals surface area contributed by atoms with E-state index in [-0.39, 0.29) is 10.8 Å². The molecule has 2 aromatic carbocycles. The maximum absolute atomic E-state index is 13.1. The molecule has 1 aliphatic heterocycles. The van der Waals surface area contributed by atoms with Gasteiger partial charge in [-0.25, -0.2) is 8.42 Å². The van der Waals surface area contributed by atoms with Gasteiger partial charge in [-0.2, -0.15) is 9.30 Å². The molecule has 2 unspecified atom stereocenters. The number of amides is 1. The zero-order chi connectivity index (χ0) is 23.0. The molecule has 0 spiro atoms. The summed E-state index contributed by atoms with van der Waals surface area (Å²) in [6.07, 6.45) is 1.04. The van der Waals surface area contributed by atoms with Gasteiger partial charge >= 0.3 is 0 Å². The van der Waals surface area contributed by atoms with Gasteiger partial charge in [0, 0.05) is 25.2 Å². The SMILES string of the molecule is CCn1c(=NC(=O)c2ccc(S(=O)(=O)N3CC(C)CC(C)C3)cc2)sc2cccc(C)c21. The molecule has 170 valence electrons. The van der Waals surface area contributed by atoms with Crippen molar-refractivity contribution in [3.8, 4) is 0 Å². The number of hydrogen-bond donors (Lipinski definition) is 0. The number of thiazole rings is 1. The van der Waals surface area contributed by atoms with Crippen molar-refractivity contribution in [2.45, 2.75) is 45.6 Å². The van der Waals surface area contributed by atoms with E-state index < -0.39 is 10.0 Å². The van der Waals surface area contributed by atoms with E-state index in [0.717, 1.165) is 22.2 Å². The molecule has 0 N–H and O–H groups in total. The number of hydrogen-bond acceptors (Lipinski definition) is 4. The van der Waals surface area contributed by atoms with E-state index >= 15 is 0 Å². The minimum Gasteiger partial charge on any atom is -0.316 e. The second kappa shape index (κ2) is 8.92. The van der Waals surface area contributed by atoms with Crippen molar-refractivity contribution in [2.24, 2.45) is 16.8 Å². The Morgan fingerprint density at radius 3 is 2.38 bits per heavy atom. The van der Waals surface area contributed by atoms with Crippen LogP contribution in [0, 0.1) is 18.8 Å². The van der Waals surface area contributed by atoms with E-state index in [0.29, 0.717) is 41.8 Å². The lowest BCUT2D eigenvalue weighted by Gasteiger charge is -2.34. The van der Waals surface area contributed by atoms with Gasteiger partial charge in [0.1, 0.15) is 0 Å². The maximum Gasteiger partial charge on any atom is 0.279 e. The van der Waals surface area contributed by atoms with Gasteiger partial charge in [-0.3, -0.25) is 4.79 Å². The van der Waals surface area contributed by atoms with Crippen LogP contribution in [0.4, 0.5) is 0 Å². The predicted octanol–water partition coefficient (Wildman–Crippen LogP) is 4.44. The van der Waals surface area contributed by atoms with Crippen LogP contribution in [0.1, 0.15) is 43.1 Å². The van der Waals surface area contributed by atoms with Crippen LogP contribution in [-0.4, -0.2) is 36.3 Å². The van der Waals surface area contributed by atoms with Crippen molar-refractivity contribution >= 4 is 37.5 Å². The first-order chi connectivity index (χ1) is 15.2. The highest BCUT2D eigenvalue weighted by Crippen LogP contribution is 2.27. The molecular weight excluding hydrogens is 442 g/mol. The third-order valence-electron chi connectivity index (χ3n) is 5.99. The average Bonchev–Trinajstić information content (AvgIpc) is 3.11. The highest BCUT2D eigenvalue weighted by atomic mass is 32.2. The van der Waals surface area contributed by atoms with E-state index in [1.54, 1.807) is 16.4 Å². The van der Waals surface area contributed by atoms with E-state index in [1.165, 1.54) is 23.5 Å². The summed E-state index contributed by atoms with van der Waals surface area (Å²) in [6.45, 7) is 10.0. The van der Waals surface area contributed by atoms with Gasteiger partial charge in [-0.1, -0.05) is 37.3 Å². The Morgan fingerprint density at radius 1 is 1.09 bits per heavy atom. The first-order valence-corrected chi connectivity index (χ1v) is 13.2. The molecule has 2 atom stereocenters. The van der Waals surface area contributed by atoms with Gasteiger partial charge in [0.25, 0.3) is 5.91 Å². The van der Waals surface area contributed by atoms with Gasteiger partial charge in [-0.05, 0) is 68.0 Å². The molecule has 4 rings (SSSR count). The van der Waals surface area contributed by atoms with Gasteiger partial charge in [-0.15, -0.1) is 0 Å². The van der Waals surface area contributed by atoms with E-state index in [1.807, 2.05) is 23.6 Å². The second-order valence-electron chi connectivity index (χ2n) is 8.76. The van der Waals surface area contributed by atoms with Crippen LogP contribution >= 0.6 is 11.3 Å². The lowest BCUT2D eigenvalue weighted by atomic mass is 9.94. The van der Waals surface area contributed by atoms with Crippen molar-refractivity contribution in [3.05, 3.63) is 58.4 Å². The molecular formula is C24H29N3O3S2. The largest absolute Gasteiger partial charge is 0.316 e. The monoisotopic (exact) mass is 471 g/mol. The minimum absolute atomic E-state index is 0.219. The lowest BCUT2D eigenvalue weighted by Crippen LogP contribution is -2.42. The summed E-state index contributed by atoms with van der Waals surface area (Å²) in [5.41, 5.74) is 2.62. The number of aromatic nitrogens is 1. The van der Waals surface area contributed by atoms with Gasteiger partial charge in [0.05, 0.1) is 15.1 Å². The highest BCUT2D eigenvalue weighted by molar-refractivity contribution is 7.89. The quantitative estimate of drug-likeness (QED) is 0.565. The fourth-order valence-electron chi connectivity index (χ4n) is 4.56. The summed E-state index contributed by atoms with van der Waals surface area (Å²) in [5.74, 6) is 0.298. The summed E-state index contributed by atoms with van der Waals surface area (Å²) in [5, 5.41) is 0. The van der Waals surface area contributed by atoms with Crippen molar-refractivity contribution in [1.82, 2.24) is 8.87 Å². The number of piperidine rings is 1. The van der Waals surface area contributed by atoms with Crippen LogP contribution in [0.5, 0.6) is 0 Å². The summed E-state index contributed by atoms with van der Waals surface area (Å²) >= 11 is 1.49. The molecule has 0 saturated carbocycles. The fraction of sp³-hybridized carbons (Fsp3) is 0.417. The lowest BCUT2D eigenvalue weighted by molar-refractivity contribution is 0.0997. The Bertz CT molecular complexity index is 1310. The molecule has 1 saturated heterocycles. The number of rotatable bonds is 4. The Labute approximate surface area is 193 Å². The summed E-state index contributed by atoms with van der Waals surface area (Å²) < 4.78 is 30.9. The topological polar surface area (TPSA) is 71.7 Å². The zero-order valence-corrected chi connectivity index (χ0v) is 20.5. The molecule has 32 heavy (non-hydrogen) atoms. The molecule has 3 aromatic rings. The van der Waals surface area contributed by atoms with Crippen LogP contribution in [0.2, 0.25) is 0 Å². The first-order valence-electron chi connectivity index (χ1n) is 11.0. The van der Waals surface area contributed by atoms with Crippen molar-refractivity contribution in [1.29, 1.82) is 0 Å². The van der Waals surface area contributed by atoms with Gasteiger partial charge in [0.2, 0.25) is 10.0 Å². The number of nitrogens with zero attached hydrogens (tertiary/aromatic N) is 3. The Hall–Kier alpha value is -2.29. The van der Waals surface area contributed by atoms with Crippen LogP contribution in [-0.2, 0) is 16.6 Å². The predicted molar refractivity (Wildman–Crippen MR) is 128 cm³/mol. The molecule has 1 amide bonds. The third kappa shape index (κ3) is 4.31. The number of fused-ring (bicyclic) bond motifs is 1. The Balaban J connectivity index is 1.63. The van der Waals surface area contributed by atoms with E-state index in [9.17, 15) is 13.2 Å². The number of carbonyl (C=O) groups is 1. The molecule has 0 bridgehead atoms. The molecule has 1 aromatic heterocycles. The summed E-state index contributed by atoms with van der Waals surface area (Å²) in [4.78, 5) is 18.1. The molecule has 0 radical (unpaired) electrons. The molecule has 0 aliphatic carbocycles. The third-order valence-corrected chi connectivity index (χ3v) is 8.88. The Morgan fingerprint density at radius 2 is 1.75 bits per heavy atom. The van der Waals surface area contributed by atoms with E-state index in [2.05, 4.69) is 31.8 Å². The van der Waals surface area contributed by atoms with Crippen molar-refractivity contribution in [3.63, 3.8) is 0 Å². The van der Waals surface area contributed by atoms with Gasteiger partial charge < -0.3 is 4.57 Å². The summed E-state index contributed by atoms with van der Waals surface area (Å²) in [7, 11) is -3.57. The molecule has 1 aliphatic rings. The average molecular weight is 472 g/mol. The number of carbonyl (C=O) groups excluding carboxylic acids is 1. The Kier molecular flexibility index (Phi) is 6.38. The standard InChI is InChI=1S/C24H29N3O3S2/c1-5-27-22-18(4)7-6-8-21(22)31-24(27)25-23(28)19-9-11-20(12-10-19)32(29,30)26-14-16(2)13-17(3)15-26/h6-12,16-17H,5,13-15H2,1-4H3. The number of aryl methyl sites for hydroxylation is 2. The fourth-order valence-corrected chi connectivity index (χ4v) is 7.41. The van der Waals surface area contributed by atoms with Crippen molar-refractivity contribution < 1.29 is 13.2 Å². The summed E-state index contributed by atoms with van der Waals surface area (Å²) in [6, 6.07) is 12.2.